The van der Waals surface area contributed by atoms with Gasteiger partial charge < -0.3 is 30.4 Å². The van der Waals surface area contributed by atoms with Crippen LogP contribution in [0.25, 0.3) is 28.2 Å². The van der Waals surface area contributed by atoms with E-state index in [1.165, 1.54) is 10.6 Å². The second kappa shape index (κ2) is 11.6. The first-order chi connectivity index (χ1) is 21.1. The second-order valence-electron chi connectivity index (χ2n) is 11.5. The van der Waals surface area contributed by atoms with Crippen molar-refractivity contribution in [3.63, 3.8) is 0 Å². The lowest BCUT2D eigenvalue weighted by Crippen LogP contribution is -2.36. The van der Waals surface area contributed by atoms with Crippen LogP contribution in [0.3, 0.4) is 0 Å². The highest BCUT2D eigenvalue weighted by Crippen LogP contribution is 2.34. The summed E-state index contributed by atoms with van der Waals surface area (Å²) in [5.74, 6) is 0.390. The number of nitrogens with two attached hydrogens (primary N) is 1. The molecule has 1 saturated heterocycles. The minimum atomic E-state index is -0.793. The number of anilines is 2. The van der Waals surface area contributed by atoms with Gasteiger partial charge in [-0.25, -0.2) is 9.97 Å². The van der Waals surface area contributed by atoms with Gasteiger partial charge in [-0.2, -0.15) is 0 Å². The molecule has 1 saturated carbocycles. The Kier molecular flexibility index (Phi) is 7.68. The van der Waals surface area contributed by atoms with Crippen molar-refractivity contribution in [1.82, 2.24) is 19.1 Å². The molecule has 3 aromatic heterocycles. The SMILES string of the molecule is Cc1cnc(N2CCOCC2)cc1NC(=O)Cn1cc(-c2cc(C)c(O)c(C(N)=O)c2)c2c(=O)n(C)c(/C=C/C3CC3)nc21. The van der Waals surface area contributed by atoms with E-state index >= 15 is 0 Å². The van der Waals surface area contributed by atoms with Gasteiger partial charge >= 0.3 is 0 Å². The Hall–Kier alpha value is -4.97. The number of morpholine rings is 1. The fraction of sp³-hybridized carbons (Fsp3) is 0.344. The number of rotatable bonds is 8. The van der Waals surface area contributed by atoms with E-state index in [-0.39, 0.29) is 29.3 Å². The van der Waals surface area contributed by atoms with Crippen LogP contribution in [0.2, 0.25) is 0 Å². The predicted octanol–water partition coefficient (Wildman–Crippen LogP) is 3.12. The molecule has 0 spiro atoms. The third-order valence-electron chi connectivity index (χ3n) is 8.16. The lowest BCUT2D eigenvalue weighted by Gasteiger charge is -2.28. The molecule has 6 rings (SSSR count). The van der Waals surface area contributed by atoms with Crippen molar-refractivity contribution in [2.45, 2.75) is 33.2 Å². The Labute approximate surface area is 253 Å². The summed E-state index contributed by atoms with van der Waals surface area (Å²) in [7, 11) is 1.66. The molecule has 1 aliphatic carbocycles. The van der Waals surface area contributed by atoms with Crippen molar-refractivity contribution in [1.29, 1.82) is 0 Å². The number of hydrogen-bond donors (Lipinski definition) is 3. The van der Waals surface area contributed by atoms with Gasteiger partial charge in [0.1, 0.15) is 29.6 Å². The number of pyridine rings is 1. The fourth-order valence-corrected chi connectivity index (χ4v) is 5.41. The molecule has 12 heteroatoms. The zero-order valence-electron chi connectivity index (χ0n) is 25.0. The average molecular weight is 598 g/mol. The van der Waals surface area contributed by atoms with Crippen molar-refractivity contribution in [2.24, 2.45) is 18.7 Å². The fourth-order valence-electron chi connectivity index (χ4n) is 5.41. The lowest BCUT2D eigenvalue weighted by atomic mass is 9.99. The Morgan fingerprint density at radius 3 is 2.61 bits per heavy atom. The molecular formula is C32H35N7O5. The van der Waals surface area contributed by atoms with Crippen molar-refractivity contribution in [3.05, 3.63) is 69.5 Å². The third-order valence-corrected chi connectivity index (χ3v) is 8.16. The van der Waals surface area contributed by atoms with Crippen LogP contribution in [0.1, 0.15) is 40.2 Å². The van der Waals surface area contributed by atoms with Crippen molar-refractivity contribution in [2.75, 3.05) is 36.5 Å². The van der Waals surface area contributed by atoms with Crippen LogP contribution in [-0.4, -0.2) is 62.3 Å². The number of benzene rings is 1. The maximum atomic E-state index is 13.8. The van der Waals surface area contributed by atoms with Crippen LogP contribution >= 0.6 is 0 Å². The van der Waals surface area contributed by atoms with Gasteiger partial charge in [-0.3, -0.25) is 19.0 Å². The molecule has 4 N–H and O–H groups in total. The number of aromatic nitrogens is 4. The molecule has 0 unspecified atom stereocenters. The number of aromatic hydroxyl groups is 1. The highest BCUT2D eigenvalue weighted by Gasteiger charge is 2.23. The Bertz CT molecular complexity index is 1880. The number of phenols is 1. The van der Waals surface area contributed by atoms with Gasteiger partial charge in [-0.05, 0) is 67.5 Å². The number of nitrogens with one attached hydrogen (secondary N) is 1. The molecule has 0 atom stereocenters. The van der Waals surface area contributed by atoms with Crippen molar-refractivity contribution in [3.8, 4) is 16.9 Å². The van der Waals surface area contributed by atoms with Crippen molar-refractivity contribution < 1.29 is 19.4 Å². The first-order valence-corrected chi connectivity index (χ1v) is 14.6. The van der Waals surface area contributed by atoms with Crippen molar-refractivity contribution >= 4 is 40.4 Å². The third kappa shape index (κ3) is 5.68. The van der Waals surface area contributed by atoms with Gasteiger partial charge in [0.2, 0.25) is 5.91 Å². The van der Waals surface area contributed by atoms with Gasteiger partial charge in [0.05, 0.1) is 24.2 Å². The summed E-state index contributed by atoms with van der Waals surface area (Å²) in [5, 5.41) is 13.7. The summed E-state index contributed by atoms with van der Waals surface area (Å²) in [6.45, 7) is 6.07. The highest BCUT2D eigenvalue weighted by atomic mass is 16.5. The maximum Gasteiger partial charge on any atom is 0.263 e. The maximum absolute atomic E-state index is 13.8. The molecule has 2 amide bonds. The summed E-state index contributed by atoms with van der Waals surface area (Å²) in [4.78, 5) is 50.9. The summed E-state index contributed by atoms with van der Waals surface area (Å²) in [6.07, 6.45) is 9.53. The topological polar surface area (TPSA) is 158 Å². The standard InChI is InChI=1S/C32H35N7O5/c1-18-12-21(13-22(29(18)41)30(33)42)23-16-39(31-28(23)32(43)37(3)25(36-31)7-6-20-4-5-20)17-27(40)35-24-14-26(34-15-19(24)2)38-8-10-44-11-9-38/h6-7,12-16,20,41H,4-5,8-11,17H2,1-3H3,(H2,33,42)(H,34,35,40)/b7-6+. The molecular weight excluding hydrogens is 562 g/mol. The first-order valence-electron chi connectivity index (χ1n) is 14.6. The molecule has 2 aliphatic rings. The normalized spacial score (nSPS) is 15.3. The Balaban J connectivity index is 1.41. The van der Waals surface area contributed by atoms with E-state index in [0.29, 0.717) is 71.5 Å². The largest absolute Gasteiger partial charge is 0.507 e. The lowest BCUT2D eigenvalue weighted by molar-refractivity contribution is -0.116. The van der Waals surface area contributed by atoms with Crippen LogP contribution in [0.4, 0.5) is 11.5 Å². The van der Waals surface area contributed by atoms with E-state index in [9.17, 15) is 19.5 Å². The second-order valence-corrected chi connectivity index (χ2v) is 11.5. The van der Waals surface area contributed by atoms with E-state index < -0.39 is 5.91 Å². The molecule has 12 nitrogen and oxygen atoms in total. The molecule has 1 aromatic carbocycles. The Morgan fingerprint density at radius 1 is 1.16 bits per heavy atom. The number of hydrogen-bond acceptors (Lipinski definition) is 8. The van der Waals surface area contributed by atoms with E-state index in [4.69, 9.17) is 15.5 Å². The number of ether oxygens (including phenoxy) is 1. The van der Waals surface area contributed by atoms with E-state index in [1.807, 2.05) is 19.1 Å². The number of carbonyl (C=O) groups excluding carboxylic acids is 2. The van der Waals surface area contributed by atoms with Gasteiger partial charge in [0.25, 0.3) is 11.5 Å². The molecule has 228 valence electrons. The number of fused-ring (bicyclic) bond motifs is 1. The number of aryl methyl sites for hydroxylation is 2. The minimum Gasteiger partial charge on any atom is -0.507 e. The van der Waals surface area contributed by atoms with E-state index in [0.717, 1.165) is 24.2 Å². The van der Waals surface area contributed by atoms with Gasteiger partial charge in [0.15, 0.2) is 0 Å². The number of allylic oxidation sites excluding steroid dienone is 1. The first kappa shape index (κ1) is 29.1. The molecule has 0 radical (unpaired) electrons. The zero-order chi connectivity index (χ0) is 31.1. The smallest absolute Gasteiger partial charge is 0.263 e. The summed E-state index contributed by atoms with van der Waals surface area (Å²) >= 11 is 0. The molecule has 4 heterocycles. The highest BCUT2D eigenvalue weighted by molar-refractivity contribution is 6.01. The number of primary amides is 1. The molecule has 44 heavy (non-hydrogen) atoms. The van der Waals surface area contributed by atoms with Crippen LogP contribution < -0.4 is 21.5 Å². The monoisotopic (exact) mass is 597 g/mol. The average Bonchev–Trinajstić information content (AvgIpc) is 3.77. The minimum absolute atomic E-state index is 0.0587. The van der Waals surface area contributed by atoms with E-state index in [2.05, 4.69) is 21.3 Å². The van der Waals surface area contributed by atoms with Crippen LogP contribution in [-0.2, 0) is 23.1 Å². The number of amides is 2. The van der Waals surface area contributed by atoms with Gasteiger partial charge in [-0.1, -0.05) is 6.08 Å². The van der Waals surface area contributed by atoms with Gasteiger partial charge in [0, 0.05) is 49.8 Å². The predicted molar refractivity (Wildman–Crippen MR) is 168 cm³/mol. The number of nitrogens with zero attached hydrogens (tertiary/aromatic N) is 5. The Morgan fingerprint density at radius 2 is 1.91 bits per heavy atom. The summed E-state index contributed by atoms with van der Waals surface area (Å²) in [5.41, 5.74) is 8.36. The molecule has 0 bridgehead atoms. The molecule has 2 fully saturated rings. The summed E-state index contributed by atoms with van der Waals surface area (Å²) < 4.78 is 8.57. The quantitative estimate of drug-likeness (QED) is 0.280. The zero-order valence-corrected chi connectivity index (χ0v) is 25.0. The van der Waals surface area contributed by atoms with Gasteiger partial charge in [-0.15, -0.1) is 0 Å². The van der Waals surface area contributed by atoms with Crippen LogP contribution in [0, 0.1) is 19.8 Å². The van der Waals surface area contributed by atoms with Crippen LogP contribution in [0.5, 0.6) is 5.75 Å². The van der Waals surface area contributed by atoms with E-state index in [1.54, 1.807) is 37.0 Å². The number of carbonyl (C=O) groups is 2. The molecule has 1 aliphatic heterocycles. The molecule has 4 aromatic rings. The summed E-state index contributed by atoms with van der Waals surface area (Å²) in [6, 6.07) is 4.99. The van der Waals surface area contributed by atoms with Crippen LogP contribution in [0.15, 0.2) is 41.5 Å².